The summed E-state index contributed by atoms with van der Waals surface area (Å²) in [4.78, 5) is 29.9. The number of anilines is 1. The molecule has 3 N–H and O–H groups in total. The zero-order chi connectivity index (χ0) is 21.6. The summed E-state index contributed by atoms with van der Waals surface area (Å²) in [5.74, 6) is 2.31. The molecule has 0 radical (unpaired) electrons. The van der Waals surface area contributed by atoms with Crippen LogP contribution in [-0.4, -0.2) is 59.7 Å². The Hall–Kier alpha value is -2.28. The topological polar surface area (TPSA) is 84.9 Å². The molecule has 31 heavy (non-hydrogen) atoms. The summed E-state index contributed by atoms with van der Waals surface area (Å²) in [7, 11) is 0. The molecule has 5 fully saturated rings. The van der Waals surface area contributed by atoms with Crippen LogP contribution in [0.2, 0.25) is 0 Å². The van der Waals surface area contributed by atoms with Gasteiger partial charge in [0.1, 0.15) is 5.75 Å². The summed E-state index contributed by atoms with van der Waals surface area (Å²) >= 11 is 0. The van der Waals surface area contributed by atoms with E-state index in [0.717, 1.165) is 68.9 Å². The smallest absolute Gasteiger partial charge is 0.321 e. The maximum Gasteiger partial charge on any atom is 0.321 e. The van der Waals surface area contributed by atoms with Crippen molar-refractivity contribution in [2.24, 2.45) is 17.8 Å². The molecule has 0 spiro atoms. The van der Waals surface area contributed by atoms with E-state index in [9.17, 15) is 14.7 Å². The molecule has 1 aromatic rings. The molecule has 5 aliphatic rings. The minimum Gasteiger partial charge on any atom is -0.508 e. The van der Waals surface area contributed by atoms with Gasteiger partial charge in [-0.3, -0.25) is 15.0 Å². The summed E-state index contributed by atoms with van der Waals surface area (Å²) in [6.45, 7) is 5.01. The molecule has 7 heteroatoms. The molecule has 4 aliphatic carbocycles. The number of piperazine rings is 1. The average molecular weight is 427 g/mol. The van der Waals surface area contributed by atoms with E-state index in [1.54, 1.807) is 12.1 Å². The molecule has 6 rings (SSSR count). The number of rotatable bonds is 4. The van der Waals surface area contributed by atoms with Gasteiger partial charge in [-0.15, -0.1) is 0 Å². The molecule has 0 aromatic heterocycles. The number of benzene rings is 1. The molecule has 7 nitrogen and oxygen atoms in total. The van der Waals surface area contributed by atoms with Crippen LogP contribution >= 0.6 is 0 Å². The lowest BCUT2D eigenvalue weighted by Crippen LogP contribution is -2.63. The normalized spacial score (nSPS) is 33.2. The number of phenolic OH excluding ortho intramolecular Hbond substituents is 1. The number of imide groups is 1. The van der Waals surface area contributed by atoms with Crippen LogP contribution in [0, 0.1) is 17.8 Å². The number of urea groups is 1. The van der Waals surface area contributed by atoms with Crippen LogP contribution in [0.5, 0.6) is 5.75 Å². The van der Waals surface area contributed by atoms with Crippen molar-refractivity contribution in [3.05, 3.63) is 24.3 Å². The molecule has 0 unspecified atom stereocenters. The Morgan fingerprint density at radius 3 is 2.06 bits per heavy atom. The largest absolute Gasteiger partial charge is 0.508 e. The van der Waals surface area contributed by atoms with Crippen molar-refractivity contribution in [3.63, 3.8) is 0 Å². The van der Waals surface area contributed by atoms with Gasteiger partial charge in [0.2, 0.25) is 5.91 Å². The van der Waals surface area contributed by atoms with Gasteiger partial charge in [0, 0.05) is 37.4 Å². The molecule has 4 bridgehead atoms. The highest BCUT2D eigenvalue weighted by Crippen LogP contribution is 2.55. The maximum absolute atomic E-state index is 12.8. The number of phenols is 1. The van der Waals surface area contributed by atoms with Gasteiger partial charge in [0.05, 0.1) is 6.04 Å². The van der Waals surface area contributed by atoms with Crippen molar-refractivity contribution in [2.45, 2.75) is 57.0 Å². The van der Waals surface area contributed by atoms with Crippen molar-refractivity contribution in [2.75, 3.05) is 31.1 Å². The second-order valence-electron chi connectivity index (χ2n) is 10.4. The van der Waals surface area contributed by atoms with Gasteiger partial charge in [-0.05, 0) is 87.5 Å². The van der Waals surface area contributed by atoms with E-state index >= 15 is 0 Å². The average Bonchev–Trinajstić information content (AvgIpc) is 2.72. The van der Waals surface area contributed by atoms with Crippen molar-refractivity contribution in [3.8, 4) is 5.75 Å². The summed E-state index contributed by atoms with van der Waals surface area (Å²) in [5, 5.41) is 15.3. The van der Waals surface area contributed by atoms with Gasteiger partial charge < -0.3 is 15.3 Å². The van der Waals surface area contributed by atoms with Crippen LogP contribution in [0.4, 0.5) is 10.5 Å². The van der Waals surface area contributed by atoms with Gasteiger partial charge in [-0.1, -0.05) is 0 Å². The van der Waals surface area contributed by atoms with Crippen molar-refractivity contribution in [1.29, 1.82) is 0 Å². The minimum atomic E-state index is -0.343. The Labute approximate surface area is 184 Å². The quantitative estimate of drug-likeness (QED) is 0.689. The third-order valence-corrected chi connectivity index (χ3v) is 8.11. The fourth-order valence-corrected chi connectivity index (χ4v) is 6.95. The first-order valence-electron chi connectivity index (χ1n) is 11.8. The zero-order valence-corrected chi connectivity index (χ0v) is 18.3. The second-order valence-corrected chi connectivity index (χ2v) is 10.4. The van der Waals surface area contributed by atoms with Crippen LogP contribution in [0.1, 0.15) is 45.4 Å². The Kier molecular flexibility index (Phi) is 5.32. The van der Waals surface area contributed by atoms with Crippen molar-refractivity contribution < 1.29 is 14.7 Å². The van der Waals surface area contributed by atoms with E-state index in [4.69, 9.17) is 0 Å². The number of carbonyl (C=O) groups excluding carboxylic acids is 2. The standard InChI is InChI=1S/C24H34N4O3/c1-16(27-6-8-28(9-7-27)20-2-4-21(29)5-3-20)22(30)25-23(31)26-24-13-17-10-18(14-24)12-19(11-17)15-24/h2-5,16-19,29H,6-15H2,1H3,(H2,25,26,30,31)/t16-,17?,18?,19?,24?/m0/s1. The molecule has 4 saturated carbocycles. The summed E-state index contributed by atoms with van der Waals surface area (Å²) in [5.41, 5.74) is 0.988. The van der Waals surface area contributed by atoms with Gasteiger partial charge in [0.25, 0.3) is 0 Å². The first-order chi connectivity index (χ1) is 14.9. The number of nitrogens with zero attached hydrogens (tertiary/aromatic N) is 2. The fourth-order valence-electron chi connectivity index (χ4n) is 6.95. The highest BCUT2D eigenvalue weighted by molar-refractivity contribution is 5.97. The van der Waals surface area contributed by atoms with Crippen LogP contribution in [0.3, 0.4) is 0 Å². The first kappa shape index (κ1) is 20.6. The van der Waals surface area contributed by atoms with E-state index < -0.39 is 0 Å². The number of carbonyl (C=O) groups is 2. The van der Waals surface area contributed by atoms with Crippen molar-refractivity contribution >= 4 is 17.6 Å². The SMILES string of the molecule is C[C@@H](C(=O)NC(=O)NC12CC3CC(CC(C3)C1)C2)N1CCN(c2ccc(O)cc2)CC1. The molecular weight excluding hydrogens is 392 g/mol. The van der Waals surface area contributed by atoms with Gasteiger partial charge in [0.15, 0.2) is 0 Å². The van der Waals surface area contributed by atoms with E-state index in [1.807, 2.05) is 19.1 Å². The van der Waals surface area contributed by atoms with E-state index in [2.05, 4.69) is 20.4 Å². The van der Waals surface area contributed by atoms with Gasteiger partial charge in [-0.25, -0.2) is 4.79 Å². The molecular formula is C24H34N4O3. The van der Waals surface area contributed by atoms with E-state index in [-0.39, 0.29) is 29.3 Å². The molecule has 1 aromatic carbocycles. The number of hydrogen-bond donors (Lipinski definition) is 3. The van der Waals surface area contributed by atoms with Crippen LogP contribution < -0.4 is 15.5 Å². The number of amides is 3. The summed E-state index contributed by atoms with van der Waals surface area (Å²) in [6.07, 6.45) is 7.22. The molecule has 1 saturated heterocycles. The Morgan fingerprint density at radius 1 is 0.968 bits per heavy atom. The number of nitrogens with one attached hydrogen (secondary N) is 2. The molecule has 1 heterocycles. The predicted molar refractivity (Wildman–Crippen MR) is 119 cm³/mol. The number of hydrogen-bond acceptors (Lipinski definition) is 5. The molecule has 1 atom stereocenters. The highest BCUT2D eigenvalue weighted by Gasteiger charge is 2.51. The van der Waals surface area contributed by atoms with Gasteiger partial charge in [-0.2, -0.15) is 0 Å². The third-order valence-electron chi connectivity index (χ3n) is 8.11. The lowest BCUT2D eigenvalue weighted by molar-refractivity contribution is -0.125. The van der Waals surface area contributed by atoms with Gasteiger partial charge >= 0.3 is 6.03 Å². The first-order valence-corrected chi connectivity index (χ1v) is 11.8. The second kappa shape index (κ2) is 8.01. The van der Waals surface area contributed by atoms with Crippen molar-refractivity contribution in [1.82, 2.24) is 15.5 Å². The monoisotopic (exact) mass is 426 g/mol. The Balaban J connectivity index is 1.11. The lowest BCUT2D eigenvalue weighted by atomic mass is 9.53. The van der Waals surface area contributed by atoms with E-state index in [1.165, 1.54) is 19.3 Å². The number of aromatic hydroxyl groups is 1. The highest BCUT2D eigenvalue weighted by atomic mass is 16.3. The predicted octanol–water partition coefficient (Wildman–Crippen LogP) is 2.70. The summed E-state index contributed by atoms with van der Waals surface area (Å²) in [6, 6.07) is 6.55. The van der Waals surface area contributed by atoms with Crippen LogP contribution in [0.15, 0.2) is 24.3 Å². The molecule has 3 amide bonds. The minimum absolute atomic E-state index is 0.0852. The van der Waals surface area contributed by atoms with E-state index in [0.29, 0.717) is 0 Å². The Morgan fingerprint density at radius 2 is 1.52 bits per heavy atom. The Bertz CT molecular complexity index is 796. The van der Waals surface area contributed by atoms with Crippen LogP contribution in [-0.2, 0) is 4.79 Å². The zero-order valence-electron chi connectivity index (χ0n) is 18.3. The maximum atomic E-state index is 12.8. The summed E-state index contributed by atoms with van der Waals surface area (Å²) < 4.78 is 0. The molecule has 168 valence electrons. The van der Waals surface area contributed by atoms with Crippen LogP contribution in [0.25, 0.3) is 0 Å². The molecule has 1 aliphatic heterocycles. The third kappa shape index (κ3) is 4.25. The lowest BCUT2D eigenvalue weighted by Gasteiger charge is -2.56. The fraction of sp³-hybridized carbons (Fsp3) is 0.667.